The van der Waals surface area contributed by atoms with Crippen molar-refractivity contribution in [2.24, 2.45) is 0 Å². The van der Waals surface area contributed by atoms with Crippen molar-refractivity contribution in [1.29, 1.82) is 0 Å². The Labute approximate surface area is 233 Å². The fraction of sp³-hybridized carbons (Fsp3) is 0.519. The van der Waals surface area contributed by atoms with Crippen LogP contribution in [0.2, 0.25) is 0 Å². The SMILES string of the molecule is COc1cc(C23Oc4cc(O)cc(O)c4C(C2OC2OC(CO)C(O)C(O)C2O)C(C)(C(C)=O)O3)cc(OC)c1O. The molecule has 9 atom stereocenters. The van der Waals surface area contributed by atoms with Crippen molar-refractivity contribution in [1.82, 2.24) is 0 Å². The van der Waals surface area contributed by atoms with E-state index < -0.39 is 72.3 Å². The molecule has 9 unspecified atom stereocenters. The van der Waals surface area contributed by atoms with E-state index in [0.717, 1.165) is 6.07 Å². The van der Waals surface area contributed by atoms with E-state index in [4.69, 9.17) is 28.4 Å². The lowest BCUT2D eigenvalue weighted by Gasteiger charge is -2.45. The summed E-state index contributed by atoms with van der Waals surface area (Å²) < 4.78 is 35.2. The molecule has 0 aromatic heterocycles. The Morgan fingerprint density at radius 1 is 0.976 bits per heavy atom. The van der Waals surface area contributed by atoms with Crippen LogP contribution in [-0.2, 0) is 24.8 Å². The van der Waals surface area contributed by atoms with Gasteiger partial charge >= 0.3 is 0 Å². The smallest absolute Gasteiger partial charge is 0.265 e. The molecule has 0 radical (unpaired) electrons. The molecular weight excluding hydrogens is 548 g/mol. The minimum Gasteiger partial charge on any atom is -0.508 e. The van der Waals surface area contributed by atoms with Crippen molar-refractivity contribution in [2.45, 2.75) is 68.0 Å². The number of methoxy groups -OCH3 is 2. The van der Waals surface area contributed by atoms with E-state index in [1.54, 1.807) is 0 Å². The number of hydrogen-bond acceptors (Lipinski definition) is 14. The molecule has 2 aromatic rings. The molecule has 224 valence electrons. The number of aliphatic hydroxyl groups excluding tert-OH is 4. The monoisotopic (exact) mass is 580 g/mol. The van der Waals surface area contributed by atoms with E-state index in [0.29, 0.717) is 0 Å². The summed E-state index contributed by atoms with van der Waals surface area (Å²) in [5.41, 5.74) is -1.63. The van der Waals surface area contributed by atoms with Gasteiger partial charge in [-0.15, -0.1) is 0 Å². The first-order chi connectivity index (χ1) is 19.3. The maximum absolute atomic E-state index is 13.2. The van der Waals surface area contributed by atoms with Gasteiger partial charge < -0.3 is 64.2 Å². The zero-order chi connectivity index (χ0) is 30.0. The van der Waals surface area contributed by atoms with E-state index in [2.05, 4.69) is 0 Å². The van der Waals surface area contributed by atoms with Gasteiger partial charge in [0.05, 0.1) is 26.7 Å². The summed E-state index contributed by atoms with van der Waals surface area (Å²) in [5, 5.41) is 72.9. The largest absolute Gasteiger partial charge is 0.508 e. The van der Waals surface area contributed by atoms with Crippen LogP contribution in [0.1, 0.15) is 30.9 Å². The Bertz CT molecular complexity index is 1320. The predicted octanol–water partition coefficient (Wildman–Crippen LogP) is -0.287. The number of phenols is 3. The van der Waals surface area contributed by atoms with Gasteiger partial charge in [-0.25, -0.2) is 0 Å². The molecule has 14 nitrogen and oxygen atoms in total. The topological polar surface area (TPSA) is 214 Å². The third-order valence-corrected chi connectivity index (χ3v) is 8.02. The summed E-state index contributed by atoms with van der Waals surface area (Å²) in [5.74, 6) is -5.12. The van der Waals surface area contributed by atoms with Crippen LogP contribution in [0.5, 0.6) is 34.5 Å². The molecule has 2 saturated heterocycles. The lowest BCUT2D eigenvalue weighted by atomic mass is 9.75. The second-order valence-electron chi connectivity index (χ2n) is 10.4. The molecule has 2 bridgehead atoms. The minimum atomic E-state index is -2.11. The maximum atomic E-state index is 13.2. The molecule has 14 heteroatoms. The third-order valence-electron chi connectivity index (χ3n) is 8.02. The van der Waals surface area contributed by atoms with E-state index in [1.807, 2.05) is 0 Å². The molecule has 2 fully saturated rings. The summed E-state index contributed by atoms with van der Waals surface area (Å²) in [7, 11) is 2.59. The highest BCUT2D eigenvalue weighted by Gasteiger charge is 2.71. The van der Waals surface area contributed by atoms with Crippen LogP contribution in [0.4, 0.5) is 0 Å². The number of benzene rings is 2. The second-order valence-corrected chi connectivity index (χ2v) is 10.4. The maximum Gasteiger partial charge on any atom is 0.265 e. The van der Waals surface area contributed by atoms with Crippen molar-refractivity contribution in [3.05, 3.63) is 35.4 Å². The van der Waals surface area contributed by atoms with Crippen molar-refractivity contribution in [3.63, 3.8) is 0 Å². The number of carbonyl (C=O) groups excluding carboxylic acids is 1. The van der Waals surface area contributed by atoms with E-state index >= 15 is 0 Å². The highest BCUT2D eigenvalue weighted by atomic mass is 16.8. The number of rotatable bonds is 7. The molecular formula is C27H32O14. The number of Topliss-reactive ketones (excluding diaryl/α,β-unsaturated/α-hetero) is 1. The number of carbonyl (C=O) groups is 1. The Kier molecular flexibility index (Phi) is 7.22. The van der Waals surface area contributed by atoms with Crippen molar-refractivity contribution >= 4 is 5.78 Å². The first-order valence-electron chi connectivity index (χ1n) is 12.7. The molecule has 0 saturated carbocycles. The molecule has 3 heterocycles. The van der Waals surface area contributed by atoms with Gasteiger partial charge in [0.25, 0.3) is 5.79 Å². The number of fused-ring (bicyclic) bond motifs is 4. The third kappa shape index (κ3) is 4.25. The standard InChI is InChI=1S/C27H32O14/c1-10(29)26(2)19-18-13(31)7-12(30)8-14(18)40-27(41-26,11-5-15(36-3)20(32)16(6-11)37-4)24(19)39-25-23(35)22(34)21(33)17(9-28)38-25/h5-8,17,19,21-25,28,30-35H,9H2,1-4H3. The highest BCUT2D eigenvalue weighted by Crippen LogP contribution is 2.63. The van der Waals surface area contributed by atoms with Gasteiger partial charge in [-0.05, 0) is 26.0 Å². The zero-order valence-electron chi connectivity index (χ0n) is 22.5. The first kappa shape index (κ1) is 29.1. The number of aliphatic hydroxyl groups is 4. The van der Waals surface area contributed by atoms with Gasteiger partial charge in [0.1, 0.15) is 53.4 Å². The van der Waals surface area contributed by atoms with Gasteiger partial charge in [-0.2, -0.15) is 0 Å². The molecule has 0 spiro atoms. The van der Waals surface area contributed by atoms with E-state index in [-0.39, 0.29) is 39.9 Å². The van der Waals surface area contributed by atoms with Crippen LogP contribution in [0, 0.1) is 0 Å². The van der Waals surface area contributed by atoms with Crippen LogP contribution >= 0.6 is 0 Å². The number of aromatic hydroxyl groups is 3. The second kappa shape index (κ2) is 10.2. The molecule has 5 rings (SSSR count). The average molecular weight is 581 g/mol. The Hall–Kier alpha value is -3.37. The fourth-order valence-corrected chi connectivity index (χ4v) is 5.77. The molecule has 41 heavy (non-hydrogen) atoms. The quantitative estimate of drug-likeness (QED) is 0.224. The van der Waals surface area contributed by atoms with E-state index in [9.17, 15) is 40.5 Å². The number of ether oxygens (including phenoxy) is 6. The lowest BCUT2D eigenvalue weighted by Crippen LogP contribution is -2.61. The normalized spacial score (nSPS) is 35.9. The Balaban J connectivity index is 1.76. The van der Waals surface area contributed by atoms with Gasteiger partial charge in [-0.1, -0.05) is 0 Å². The van der Waals surface area contributed by atoms with Gasteiger partial charge in [-0.3, -0.25) is 4.79 Å². The van der Waals surface area contributed by atoms with E-state index in [1.165, 1.54) is 46.3 Å². The van der Waals surface area contributed by atoms with Crippen LogP contribution in [-0.4, -0.2) is 105 Å². The molecule has 0 amide bonds. The number of ketones is 1. The predicted molar refractivity (Wildman–Crippen MR) is 135 cm³/mol. The van der Waals surface area contributed by atoms with Crippen molar-refractivity contribution < 1.29 is 69.0 Å². The summed E-state index contributed by atoms with van der Waals surface area (Å²) in [6.07, 6.45) is -9.73. The van der Waals surface area contributed by atoms with Crippen LogP contribution in [0.3, 0.4) is 0 Å². The lowest BCUT2D eigenvalue weighted by molar-refractivity contribution is -0.337. The zero-order valence-corrected chi connectivity index (χ0v) is 22.5. The summed E-state index contributed by atoms with van der Waals surface area (Å²) in [6, 6.07) is 4.95. The summed E-state index contributed by atoms with van der Waals surface area (Å²) in [6.45, 7) is 1.98. The number of phenolic OH excluding ortho intramolecular Hbond substituents is 3. The molecule has 2 aromatic carbocycles. The number of hydrogen-bond donors (Lipinski definition) is 7. The molecule has 7 N–H and O–H groups in total. The van der Waals surface area contributed by atoms with Crippen molar-refractivity contribution in [2.75, 3.05) is 20.8 Å². The van der Waals surface area contributed by atoms with Crippen LogP contribution in [0.25, 0.3) is 0 Å². The average Bonchev–Trinajstić information content (AvgIpc) is 3.09. The Morgan fingerprint density at radius 2 is 1.61 bits per heavy atom. The van der Waals surface area contributed by atoms with Gasteiger partial charge in [0.2, 0.25) is 5.75 Å². The van der Waals surface area contributed by atoms with Gasteiger partial charge in [0.15, 0.2) is 23.6 Å². The molecule has 3 aliphatic rings. The van der Waals surface area contributed by atoms with Crippen LogP contribution < -0.4 is 14.2 Å². The summed E-state index contributed by atoms with van der Waals surface area (Å²) in [4.78, 5) is 13.2. The van der Waals surface area contributed by atoms with Gasteiger partial charge in [0, 0.05) is 23.3 Å². The molecule has 0 aliphatic carbocycles. The Morgan fingerprint density at radius 3 is 2.17 bits per heavy atom. The highest BCUT2D eigenvalue weighted by molar-refractivity contribution is 5.87. The minimum absolute atomic E-state index is 0.0425. The van der Waals surface area contributed by atoms with Crippen molar-refractivity contribution in [3.8, 4) is 34.5 Å². The first-order valence-corrected chi connectivity index (χ1v) is 12.7. The van der Waals surface area contributed by atoms with Crippen LogP contribution in [0.15, 0.2) is 24.3 Å². The summed E-state index contributed by atoms with van der Waals surface area (Å²) >= 11 is 0. The fourth-order valence-electron chi connectivity index (χ4n) is 5.77. The molecule has 3 aliphatic heterocycles.